The number of hydrogen-bond acceptors (Lipinski definition) is 2. The molecule has 3 rings (SSSR count). The lowest BCUT2D eigenvalue weighted by Crippen LogP contribution is -2.07. The van der Waals surface area contributed by atoms with E-state index in [0.717, 1.165) is 25.3 Å². The Kier molecular flexibility index (Phi) is 4.37. The fourth-order valence-electron chi connectivity index (χ4n) is 3.29. The first-order chi connectivity index (χ1) is 11.1. The summed E-state index contributed by atoms with van der Waals surface area (Å²) in [6.07, 6.45) is 3.01. The van der Waals surface area contributed by atoms with Crippen LogP contribution in [0.4, 0.5) is 5.82 Å². The summed E-state index contributed by atoms with van der Waals surface area (Å²) in [5.74, 6) is 0.978. The molecule has 0 aliphatic rings. The van der Waals surface area contributed by atoms with Gasteiger partial charge in [0.2, 0.25) is 0 Å². The van der Waals surface area contributed by atoms with Crippen molar-refractivity contribution >= 4 is 16.7 Å². The fraction of sp³-hybridized carbons (Fsp3) is 0.350. The smallest absolute Gasteiger partial charge is 0.150 e. The van der Waals surface area contributed by atoms with Gasteiger partial charge in [-0.1, -0.05) is 25.1 Å². The maximum Gasteiger partial charge on any atom is 0.150 e. The number of nitrogens with one attached hydrogen (secondary N) is 1. The summed E-state index contributed by atoms with van der Waals surface area (Å²) < 4.78 is 2.37. The van der Waals surface area contributed by atoms with Gasteiger partial charge in [0.05, 0.1) is 5.52 Å². The summed E-state index contributed by atoms with van der Waals surface area (Å²) in [6.45, 7) is 10.6. The Balaban J connectivity index is 1.97. The predicted octanol–water partition coefficient (Wildman–Crippen LogP) is 4.98. The minimum atomic E-state index is 0.807. The SMILES string of the molecule is CCCn1c(C)cc2ccnc(NCc3c(C)cccc3C)c21. The quantitative estimate of drug-likeness (QED) is 0.720. The summed E-state index contributed by atoms with van der Waals surface area (Å²) in [6, 6.07) is 10.8. The van der Waals surface area contributed by atoms with E-state index < -0.39 is 0 Å². The topological polar surface area (TPSA) is 29.9 Å². The van der Waals surface area contributed by atoms with Crippen LogP contribution in [0.25, 0.3) is 10.9 Å². The van der Waals surface area contributed by atoms with Crippen LogP contribution in [0.3, 0.4) is 0 Å². The summed E-state index contributed by atoms with van der Waals surface area (Å²) in [7, 11) is 0. The molecule has 0 atom stereocenters. The van der Waals surface area contributed by atoms with E-state index in [-0.39, 0.29) is 0 Å². The molecule has 3 aromatic rings. The summed E-state index contributed by atoms with van der Waals surface area (Å²) >= 11 is 0. The van der Waals surface area contributed by atoms with Gasteiger partial charge in [0.1, 0.15) is 0 Å². The van der Waals surface area contributed by atoms with E-state index in [1.54, 1.807) is 0 Å². The van der Waals surface area contributed by atoms with E-state index in [2.05, 4.69) is 72.9 Å². The van der Waals surface area contributed by atoms with E-state index in [4.69, 9.17) is 0 Å². The molecule has 0 amide bonds. The van der Waals surface area contributed by atoms with Crippen LogP contribution in [0.1, 0.15) is 35.7 Å². The largest absolute Gasteiger partial charge is 0.364 e. The zero-order chi connectivity index (χ0) is 16.4. The van der Waals surface area contributed by atoms with Gasteiger partial charge in [-0.3, -0.25) is 0 Å². The molecule has 0 saturated carbocycles. The monoisotopic (exact) mass is 307 g/mol. The highest BCUT2D eigenvalue weighted by Crippen LogP contribution is 2.26. The summed E-state index contributed by atoms with van der Waals surface area (Å²) in [4.78, 5) is 4.61. The second-order valence-electron chi connectivity index (χ2n) is 6.26. The molecule has 0 spiro atoms. The highest BCUT2D eigenvalue weighted by Gasteiger charge is 2.11. The number of pyridine rings is 1. The van der Waals surface area contributed by atoms with Crippen molar-refractivity contribution in [2.24, 2.45) is 0 Å². The second kappa shape index (κ2) is 6.45. The molecule has 0 fully saturated rings. The Bertz CT molecular complexity index is 810. The standard InChI is InChI=1S/C20H25N3/c1-5-11-23-16(4)12-17-9-10-21-20(19(17)23)22-13-18-14(2)7-6-8-15(18)3/h6-10,12H,5,11,13H2,1-4H3,(H,21,22). The molecule has 1 aromatic carbocycles. The Labute approximate surface area is 138 Å². The van der Waals surface area contributed by atoms with Gasteiger partial charge in [0.15, 0.2) is 5.82 Å². The third-order valence-corrected chi connectivity index (χ3v) is 4.54. The zero-order valence-electron chi connectivity index (χ0n) is 14.5. The molecule has 1 N–H and O–H groups in total. The second-order valence-corrected chi connectivity index (χ2v) is 6.26. The molecule has 3 nitrogen and oxygen atoms in total. The van der Waals surface area contributed by atoms with Gasteiger partial charge in [0, 0.05) is 30.4 Å². The average molecular weight is 307 g/mol. The lowest BCUT2D eigenvalue weighted by molar-refractivity contribution is 0.685. The lowest BCUT2D eigenvalue weighted by Gasteiger charge is -2.14. The molecule has 2 heterocycles. The number of hydrogen-bond donors (Lipinski definition) is 1. The summed E-state index contributed by atoms with van der Waals surface area (Å²) in [5.41, 5.74) is 6.52. The van der Waals surface area contributed by atoms with Crippen LogP contribution >= 0.6 is 0 Å². The van der Waals surface area contributed by atoms with Crippen molar-refractivity contribution in [1.82, 2.24) is 9.55 Å². The molecule has 3 heteroatoms. The van der Waals surface area contributed by atoms with E-state index in [9.17, 15) is 0 Å². The number of fused-ring (bicyclic) bond motifs is 1. The van der Waals surface area contributed by atoms with Gasteiger partial charge >= 0.3 is 0 Å². The minimum absolute atomic E-state index is 0.807. The molecular weight excluding hydrogens is 282 g/mol. The van der Waals surface area contributed by atoms with E-state index >= 15 is 0 Å². The van der Waals surface area contributed by atoms with E-state index in [1.807, 2.05) is 6.20 Å². The fourth-order valence-corrected chi connectivity index (χ4v) is 3.29. The normalized spacial score (nSPS) is 11.1. The van der Waals surface area contributed by atoms with Crippen molar-refractivity contribution in [2.75, 3.05) is 5.32 Å². The van der Waals surface area contributed by atoms with Crippen molar-refractivity contribution in [3.63, 3.8) is 0 Å². The average Bonchev–Trinajstić information content (AvgIpc) is 2.84. The van der Waals surface area contributed by atoms with E-state index in [1.165, 1.54) is 33.3 Å². The molecule has 0 bridgehead atoms. The number of aryl methyl sites for hydroxylation is 4. The number of anilines is 1. The Hall–Kier alpha value is -2.29. The van der Waals surface area contributed by atoms with Gasteiger partial charge < -0.3 is 9.88 Å². The molecule has 0 aliphatic heterocycles. The maximum atomic E-state index is 4.61. The van der Waals surface area contributed by atoms with Crippen LogP contribution in [0.2, 0.25) is 0 Å². The molecule has 2 aromatic heterocycles. The van der Waals surface area contributed by atoms with Crippen LogP contribution in [0, 0.1) is 20.8 Å². The van der Waals surface area contributed by atoms with Gasteiger partial charge in [0.25, 0.3) is 0 Å². The van der Waals surface area contributed by atoms with Crippen molar-refractivity contribution in [2.45, 2.75) is 47.2 Å². The molecule has 120 valence electrons. The van der Waals surface area contributed by atoms with Crippen LogP contribution in [-0.2, 0) is 13.1 Å². The van der Waals surface area contributed by atoms with Crippen molar-refractivity contribution < 1.29 is 0 Å². The molecule has 0 radical (unpaired) electrons. The Morgan fingerprint density at radius 2 is 1.83 bits per heavy atom. The number of nitrogens with zero attached hydrogens (tertiary/aromatic N) is 2. The van der Waals surface area contributed by atoms with Gasteiger partial charge in [-0.05, 0) is 56.0 Å². The van der Waals surface area contributed by atoms with Crippen LogP contribution in [-0.4, -0.2) is 9.55 Å². The summed E-state index contributed by atoms with van der Waals surface area (Å²) in [5, 5.41) is 4.83. The molecular formula is C20H25N3. The van der Waals surface area contributed by atoms with Crippen molar-refractivity contribution in [3.05, 3.63) is 58.9 Å². The third kappa shape index (κ3) is 2.96. The van der Waals surface area contributed by atoms with Gasteiger partial charge in [-0.2, -0.15) is 0 Å². The predicted molar refractivity (Wildman–Crippen MR) is 98.0 cm³/mol. The highest BCUT2D eigenvalue weighted by atomic mass is 15.1. The molecule has 0 aliphatic carbocycles. The molecule has 0 unspecified atom stereocenters. The highest BCUT2D eigenvalue weighted by molar-refractivity contribution is 5.90. The number of aromatic nitrogens is 2. The molecule has 0 saturated heterocycles. The first kappa shape index (κ1) is 15.6. The van der Waals surface area contributed by atoms with Crippen molar-refractivity contribution in [1.29, 1.82) is 0 Å². The Morgan fingerprint density at radius 3 is 2.52 bits per heavy atom. The first-order valence-electron chi connectivity index (χ1n) is 8.35. The minimum Gasteiger partial charge on any atom is -0.364 e. The molecule has 23 heavy (non-hydrogen) atoms. The van der Waals surface area contributed by atoms with Crippen LogP contribution in [0.5, 0.6) is 0 Å². The number of rotatable bonds is 5. The van der Waals surface area contributed by atoms with E-state index in [0.29, 0.717) is 0 Å². The number of benzene rings is 1. The van der Waals surface area contributed by atoms with Gasteiger partial charge in [-0.25, -0.2) is 4.98 Å². The Morgan fingerprint density at radius 1 is 1.09 bits per heavy atom. The van der Waals surface area contributed by atoms with Gasteiger partial charge in [-0.15, -0.1) is 0 Å². The maximum absolute atomic E-state index is 4.61. The third-order valence-electron chi connectivity index (χ3n) is 4.54. The zero-order valence-corrected chi connectivity index (χ0v) is 14.5. The first-order valence-corrected chi connectivity index (χ1v) is 8.35. The van der Waals surface area contributed by atoms with Crippen LogP contribution in [0.15, 0.2) is 36.5 Å². The van der Waals surface area contributed by atoms with Crippen molar-refractivity contribution in [3.8, 4) is 0 Å². The lowest BCUT2D eigenvalue weighted by atomic mass is 10.0. The van der Waals surface area contributed by atoms with Crippen LogP contribution < -0.4 is 5.32 Å².